The minimum atomic E-state index is 0.415. The summed E-state index contributed by atoms with van der Waals surface area (Å²) in [6, 6.07) is 2.30. The van der Waals surface area contributed by atoms with Gasteiger partial charge in [0.25, 0.3) is 0 Å². The third kappa shape index (κ3) is 4.35. The molecule has 1 heterocycles. The van der Waals surface area contributed by atoms with Gasteiger partial charge >= 0.3 is 0 Å². The summed E-state index contributed by atoms with van der Waals surface area (Å²) in [5.41, 5.74) is 5.81. The van der Waals surface area contributed by atoms with Gasteiger partial charge in [-0.2, -0.15) is 0 Å². The van der Waals surface area contributed by atoms with Crippen LogP contribution in [0.5, 0.6) is 0 Å². The Labute approximate surface area is 115 Å². The van der Waals surface area contributed by atoms with Crippen LogP contribution in [0, 0.1) is 5.92 Å². The largest absolute Gasteiger partial charge is 0.384 e. The fraction of sp³-hybridized carbons (Fsp3) is 0.714. The topological polar surface area (TPSA) is 73.1 Å². The number of aromatic nitrogens is 2. The van der Waals surface area contributed by atoms with Crippen molar-refractivity contribution in [2.75, 3.05) is 17.7 Å². The van der Waals surface area contributed by atoms with Crippen molar-refractivity contribution in [1.29, 1.82) is 0 Å². The monoisotopic (exact) mass is 264 g/mol. The molecule has 5 heteroatoms. The second-order valence-electron chi connectivity index (χ2n) is 5.33. The van der Waals surface area contributed by atoms with Crippen molar-refractivity contribution in [1.82, 2.24) is 9.97 Å². The lowest BCUT2D eigenvalue weighted by Crippen LogP contribution is -2.26. The van der Waals surface area contributed by atoms with E-state index in [-0.39, 0.29) is 0 Å². The van der Waals surface area contributed by atoms with E-state index in [0.29, 0.717) is 30.9 Å². The maximum atomic E-state index is 5.81. The Bertz CT molecular complexity index is 402. The fourth-order valence-electron chi connectivity index (χ4n) is 2.46. The highest BCUT2D eigenvalue weighted by atomic mass is 16.5. The average Bonchev–Trinajstić information content (AvgIpc) is 2.38. The van der Waals surface area contributed by atoms with Crippen LogP contribution >= 0.6 is 0 Å². The molecule has 19 heavy (non-hydrogen) atoms. The molecular formula is C14H24N4O. The number of nitrogen functional groups attached to an aromatic ring is 1. The Hall–Kier alpha value is -1.36. The third-order valence-corrected chi connectivity index (χ3v) is 3.60. The number of anilines is 2. The van der Waals surface area contributed by atoms with Crippen LogP contribution in [0.25, 0.3) is 0 Å². The molecule has 3 N–H and O–H groups in total. The lowest BCUT2D eigenvalue weighted by molar-refractivity contribution is 0.128. The molecular weight excluding hydrogens is 240 g/mol. The SMILES string of the molecule is CCOCc1nc(N)cc(NC2CCC(C)CC2)n1. The van der Waals surface area contributed by atoms with Crippen LogP contribution < -0.4 is 11.1 Å². The molecule has 2 rings (SSSR count). The quantitative estimate of drug-likeness (QED) is 0.855. The molecule has 1 aliphatic rings. The lowest BCUT2D eigenvalue weighted by Gasteiger charge is -2.27. The summed E-state index contributed by atoms with van der Waals surface area (Å²) in [6.45, 7) is 5.34. The van der Waals surface area contributed by atoms with Gasteiger partial charge in [0.15, 0.2) is 5.82 Å². The minimum Gasteiger partial charge on any atom is -0.384 e. The smallest absolute Gasteiger partial charge is 0.158 e. The Kier molecular flexibility index (Phi) is 4.96. The van der Waals surface area contributed by atoms with E-state index in [1.54, 1.807) is 6.07 Å². The van der Waals surface area contributed by atoms with Crippen LogP contribution in [-0.4, -0.2) is 22.6 Å². The van der Waals surface area contributed by atoms with Gasteiger partial charge in [-0.3, -0.25) is 0 Å². The van der Waals surface area contributed by atoms with Crippen molar-refractivity contribution in [2.24, 2.45) is 5.92 Å². The van der Waals surface area contributed by atoms with Crippen LogP contribution in [0.1, 0.15) is 45.4 Å². The molecule has 0 spiro atoms. The number of ether oxygens (including phenoxy) is 1. The molecule has 1 aromatic rings. The second kappa shape index (κ2) is 6.70. The number of hydrogen-bond donors (Lipinski definition) is 2. The van der Waals surface area contributed by atoms with Crippen molar-refractivity contribution >= 4 is 11.6 Å². The van der Waals surface area contributed by atoms with E-state index < -0.39 is 0 Å². The van der Waals surface area contributed by atoms with Crippen LogP contribution in [-0.2, 0) is 11.3 Å². The van der Waals surface area contributed by atoms with Gasteiger partial charge in [0.1, 0.15) is 18.2 Å². The van der Waals surface area contributed by atoms with Crippen molar-refractivity contribution < 1.29 is 4.74 Å². The maximum Gasteiger partial charge on any atom is 0.158 e. The van der Waals surface area contributed by atoms with E-state index >= 15 is 0 Å². The summed E-state index contributed by atoms with van der Waals surface area (Å²) in [6.07, 6.45) is 4.96. The molecule has 1 aromatic heterocycles. The molecule has 1 aliphatic carbocycles. The van der Waals surface area contributed by atoms with Crippen LogP contribution in [0.2, 0.25) is 0 Å². The normalized spacial score (nSPS) is 23.3. The molecule has 106 valence electrons. The van der Waals surface area contributed by atoms with Crippen molar-refractivity contribution in [3.8, 4) is 0 Å². The van der Waals surface area contributed by atoms with Gasteiger partial charge in [0, 0.05) is 18.7 Å². The van der Waals surface area contributed by atoms with Crippen LogP contribution in [0.4, 0.5) is 11.6 Å². The molecule has 0 atom stereocenters. The summed E-state index contributed by atoms with van der Waals surface area (Å²) in [4.78, 5) is 8.64. The number of hydrogen-bond acceptors (Lipinski definition) is 5. The van der Waals surface area contributed by atoms with Gasteiger partial charge < -0.3 is 15.8 Å². The maximum absolute atomic E-state index is 5.81. The van der Waals surface area contributed by atoms with E-state index in [1.807, 2.05) is 6.92 Å². The van der Waals surface area contributed by atoms with E-state index in [4.69, 9.17) is 10.5 Å². The first-order chi connectivity index (χ1) is 9.17. The first-order valence-corrected chi connectivity index (χ1v) is 7.15. The zero-order valence-corrected chi connectivity index (χ0v) is 11.9. The van der Waals surface area contributed by atoms with Crippen LogP contribution in [0.15, 0.2) is 6.07 Å². The van der Waals surface area contributed by atoms with E-state index in [1.165, 1.54) is 25.7 Å². The first-order valence-electron chi connectivity index (χ1n) is 7.15. The molecule has 5 nitrogen and oxygen atoms in total. The summed E-state index contributed by atoms with van der Waals surface area (Å²) >= 11 is 0. The average molecular weight is 264 g/mol. The number of rotatable bonds is 5. The van der Waals surface area contributed by atoms with Gasteiger partial charge in [0.05, 0.1) is 0 Å². The fourth-order valence-corrected chi connectivity index (χ4v) is 2.46. The molecule has 0 amide bonds. The third-order valence-electron chi connectivity index (χ3n) is 3.60. The highest BCUT2D eigenvalue weighted by molar-refractivity contribution is 5.45. The molecule has 0 aromatic carbocycles. The summed E-state index contributed by atoms with van der Waals surface area (Å²) in [5, 5.41) is 3.47. The van der Waals surface area contributed by atoms with Gasteiger partial charge in [-0.15, -0.1) is 0 Å². The second-order valence-corrected chi connectivity index (χ2v) is 5.33. The zero-order chi connectivity index (χ0) is 13.7. The Morgan fingerprint density at radius 3 is 2.74 bits per heavy atom. The molecule has 0 bridgehead atoms. The standard InChI is InChI=1S/C14H24N4O/c1-3-19-9-14-17-12(15)8-13(18-14)16-11-6-4-10(2)5-7-11/h8,10-11H,3-7,9H2,1-2H3,(H3,15,16,17,18). The molecule has 0 saturated heterocycles. The van der Waals surface area contributed by atoms with E-state index in [9.17, 15) is 0 Å². The van der Waals surface area contributed by atoms with Crippen LogP contribution in [0.3, 0.4) is 0 Å². The summed E-state index contributed by atoms with van der Waals surface area (Å²) in [5.74, 6) is 2.81. The summed E-state index contributed by atoms with van der Waals surface area (Å²) < 4.78 is 5.33. The zero-order valence-electron chi connectivity index (χ0n) is 11.9. The van der Waals surface area contributed by atoms with Crippen molar-refractivity contribution in [3.63, 3.8) is 0 Å². The molecule has 0 aliphatic heterocycles. The predicted octanol–water partition coefficient (Wildman–Crippen LogP) is 2.59. The number of nitrogens with one attached hydrogen (secondary N) is 1. The number of nitrogens with zero attached hydrogens (tertiary/aromatic N) is 2. The first kappa shape index (κ1) is 14.1. The molecule has 1 saturated carbocycles. The highest BCUT2D eigenvalue weighted by Gasteiger charge is 2.18. The minimum absolute atomic E-state index is 0.415. The lowest BCUT2D eigenvalue weighted by atomic mass is 9.87. The van der Waals surface area contributed by atoms with Gasteiger partial charge in [0.2, 0.25) is 0 Å². The number of nitrogens with two attached hydrogens (primary N) is 1. The van der Waals surface area contributed by atoms with E-state index in [2.05, 4.69) is 22.2 Å². The molecule has 0 unspecified atom stereocenters. The highest BCUT2D eigenvalue weighted by Crippen LogP contribution is 2.25. The Balaban J connectivity index is 1.97. The molecule has 1 fully saturated rings. The van der Waals surface area contributed by atoms with Gasteiger partial charge in [-0.05, 0) is 38.5 Å². The van der Waals surface area contributed by atoms with Crippen molar-refractivity contribution in [3.05, 3.63) is 11.9 Å². The Morgan fingerprint density at radius 1 is 1.32 bits per heavy atom. The van der Waals surface area contributed by atoms with Gasteiger partial charge in [-0.1, -0.05) is 6.92 Å². The van der Waals surface area contributed by atoms with Gasteiger partial charge in [-0.25, -0.2) is 9.97 Å². The predicted molar refractivity (Wildman–Crippen MR) is 76.8 cm³/mol. The van der Waals surface area contributed by atoms with Crippen molar-refractivity contribution in [2.45, 2.75) is 52.2 Å². The molecule has 0 radical (unpaired) electrons. The van der Waals surface area contributed by atoms with E-state index in [0.717, 1.165) is 11.7 Å². The Morgan fingerprint density at radius 2 is 2.05 bits per heavy atom. The summed E-state index contributed by atoms with van der Waals surface area (Å²) in [7, 11) is 0.